The second-order valence-corrected chi connectivity index (χ2v) is 4.20. The van der Waals surface area contributed by atoms with Gasteiger partial charge in [0.15, 0.2) is 5.69 Å². The zero-order chi connectivity index (χ0) is 12.3. The maximum Gasteiger partial charge on any atom is 0.315 e. The molecule has 0 aliphatic heterocycles. The summed E-state index contributed by atoms with van der Waals surface area (Å²) in [6.07, 6.45) is 6.22. The van der Waals surface area contributed by atoms with E-state index in [1.165, 1.54) is 12.7 Å². The molecular formula is C11H15N3O3. The van der Waals surface area contributed by atoms with Crippen molar-refractivity contribution < 1.29 is 14.3 Å². The van der Waals surface area contributed by atoms with Crippen LogP contribution < -0.4 is 10.5 Å². The second kappa shape index (κ2) is 4.99. The number of rotatable bonds is 3. The molecule has 1 saturated carbocycles. The van der Waals surface area contributed by atoms with Crippen molar-refractivity contribution in [3.63, 3.8) is 0 Å². The van der Waals surface area contributed by atoms with Crippen molar-refractivity contribution in [2.45, 2.75) is 32.1 Å². The Bertz CT molecular complexity index is 421. The highest BCUT2D eigenvalue weighted by Crippen LogP contribution is 2.25. The van der Waals surface area contributed by atoms with Gasteiger partial charge in [0.05, 0.1) is 12.2 Å². The number of H-pyrrole nitrogens is 1. The Morgan fingerprint density at radius 1 is 1.35 bits per heavy atom. The first kappa shape index (κ1) is 11.6. The molecule has 1 fully saturated rings. The third-order valence-electron chi connectivity index (χ3n) is 2.99. The molecule has 1 amide bonds. The molecule has 0 saturated heterocycles. The molecule has 0 unspecified atom stereocenters. The topological polar surface area (TPSA) is 98.1 Å². The Morgan fingerprint density at radius 2 is 2.06 bits per heavy atom. The van der Waals surface area contributed by atoms with Gasteiger partial charge in [0, 0.05) is 0 Å². The molecule has 0 bridgehead atoms. The fraction of sp³-hybridized carbons (Fsp3) is 0.545. The molecule has 17 heavy (non-hydrogen) atoms. The summed E-state index contributed by atoms with van der Waals surface area (Å²) in [4.78, 5) is 29.1. The van der Waals surface area contributed by atoms with Crippen molar-refractivity contribution >= 4 is 11.9 Å². The van der Waals surface area contributed by atoms with Gasteiger partial charge in [-0.05, 0) is 12.8 Å². The van der Waals surface area contributed by atoms with Gasteiger partial charge in [-0.1, -0.05) is 19.3 Å². The van der Waals surface area contributed by atoms with Crippen LogP contribution in [-0.4, -0.2) is 21.8 Å². The number of nitrogens with one attached hydrogen (secondary N) is 1. The summed E-state index contributed by atoms with van der Waals surface area (Å²) in [5.74, 6) is -1.11. The molecule has 6 heteroatoms. The third-order valence-corrected chi connectivity index (χ3v) is 2.99. The van der Waals surface area contributed by atoms with Crippen LogP contribution >= 0.6 is 0 Å². The molecule has 1 heterocycles. The fourth-order valence-electron chi connectivity index (χ4n) is 2.05. The van der Waals surface area contributed by atoms with Crippen molar-refractivity contribution in [3.8, 4) is 5.88 Å². The number of hydrogen-bond acceptors (Lipinski definition) is 4. The number of nitrogens with two attached hydrogens (primary N) is 1. The van der Waals surface area contributed by atoms with Gasteiger partial charge in [-0.15, -0.1) is 0 Å². The first-order valence-electron chi connectivity index (χ1n) is 5.73. The number of carbonyl (C=O) groups excluding carboxylic acids is 2. The molecule has 92 valence electrons. The van der Waals surface area contributed by atoms with E-state index in [1.54, 1.807) is 0 Å². The van der Waals surface area contributed by atoms with E-state index in [2.05, 4.69) is 9.97 Å². The lowest BCUT2D eigenvalue weighted by Gasteiger charge is -2.19. The maximum atomic E-state index is 11.8. The Morgan fingerprint density at radius 3 is 2.71 bits per heavy atom. The molecule has 6 nitrogen and oxygen atoms in total. The number of carbonyl (C=O) groups is 2. The van der Waals surface area contributed by atoms with Crippen LogP contribution in [0.25, 0.3) is 0 Å². The van der Waals surface area contributed by atoms with Crippen molar-refractivity contribution in [2.24, 2.45) is 11.7 Å². The van der Waals surface area contributed by atoms with Crippen molar-refractivity contribution in [3.05, 3.63) is 12.0 Å². The lowest BCUT2D eigenvalue weighted by Crippen LogP contribution is -2.24. The largest absolute Gasteiger partial charge is 0.405 e. The smallest absolute Gasteiger partial charge is 0.315 e. The number of nitrogens with zero attached hydrogens (tertiary/aromatic N) is 1. The Hall–Kier alpha value is -1.85. The molecular weight excluding hydrogens is 222 g/mol. The van der Waals surface area contributed by atoms with Gasteiger partial charge < -0.3 is 15.5 Å². The van der Waals surface area contributed by atoms with Gasteiger partial charge in [-0.25, -0.2) is 4.98 Å². The average Bonchev–Trinajstić information content (AvgIpc) is 2.78. The summed E-state index contributed by atoms with van der Waals surface area (Å²) >= 11 is 0. The van der Waals surface area contributed by atoms with Crippen LogP contribution in [0.1, 0.15) is 42.6 Å². The van der Waals surface area contributed by atoms with Crippen LogP contribution in [0.4, 0.5) is 0 Å². The molecule has 0 spiro atoms. The van der Waals surface area contributed by atoms with E-state index in [-0.39, 0.29) is 23.5 Å². The van der Waals surface area contributed by atoms with E-state index in [0.29, 0.717) is 0 Å². The number of ether oxygens (including phenoxy) is 1. The number of esters is 1. The Labute approximate surface area is 98.6 Å². The van der Waals surface area contributed by atoms with Crippen molar-refractivity contribution in [1.82, 2.24) is 9.97 Å². The quantitative estimate of drug-likeness (QED) is 0.766. The summed E-state index contributed by atoms with van der Waals surface area (Å²) in [7, 11) is 0. The van der Waals surface area contributed by atoms with Crippen LogP contribution in [0, 0.1) is 5.92 Å². The Kier molecular flexibility index (Phi) is 3.41. The zero-order valence-electron chi connectivity index (χ0n) is 9.44. The predicted octanol–water partition coefficient (Wildman–Crippen LogP) is 0.994. The van der Waals surface area contributed by atoms with Crippen LogP contribution in [0.3, 0.4) is 0 Å². The lowest BCUT2D eigenvalue weighted by molar-refractivity contribution is -0.140. The second-order valence-electron chi connectivity index (χ2n) is 4.20. The summed E-state index contributed by atoms with van der Waals surface area (Å²) in [6, 6.07) is 0. The highest BCUT2D eigenvalue weighted by molar-refractivity contribution is 5.93. The van der Waals surface area contributed by atoms with E-state index in [1.807, 2.05) is 0 Å². The van der Waals surface area contributed by atoms with Gasteiger partial charge in [0.1, 0.15) is 0 Å². The van der Waals surface area contributed by atoms with E-state index in [0.717, 1.165) is 25.7 Å². The molecule has 1 aromatic heterocycles. The highest BCUT2D eigenvalue weighted by atomic mass is 16.5. The average molecular weight is 237 g/mol. The third kappa shape index (κ3) is 2.64. The monoisotopic (exact) mass is 237 g/mol. The van der Waals surface area contributed by atoms with Crippen LogP contribution in [0.15, 0.2) is 6.33 Å². The molecule has 1 aliphatic rings. The number of amides is 1. The van der Waals surface area contributed by atoms with Crippen LogP contribution in [0.2, 0.25) is 0 Å². The van der Waals surface area contributed by atoms with Crippen molar-refractivity contribution in [2.75, 3.05) is 0 Å². The van der Waals surface area contributed by atoms with Gasteiger partial charge in [-0.3, -0.25) is 9.59 Å². The summed E-state index contributed by atoms with van der Waals surface area (Å²) in [6.45, 7) is 0. The fourth-order valence-corrected chi connectivity index (χ4v) is 2.05. The standard InChI is InChI=1S/C11H15N3O3/c12-9(15)8-10(14-6-13-8)17-11(16)7-4-2-1-3-5-7/h6-7H,1-5H2,(H2,12,15)(H,13,14). The van der Waals surface area contributed by atoms with E-state index < -0.39 is 5.91 Å². The lowest BCUT2D eigenvalue weighted by atomic mass is 9.89. The Balaban J connectivity index is 2.02. The first-order valence-corrected chi connectivity index (χ1v) is 5.73. The number of aromatic nitrogens is 2. The SMILES string of the molecule is NC(=O)c1[nH]cnc1OC(=O)C1CCCCC1. The first-order chi connectivity index (χ1) is 8.18. The van der Waals surface area contributed by atoms with Gasteiger partial charge in [0.2, 0.25) is 0 Å². The molecule has 1 aliphatic carbocycles. The zero-order valence-corrected chi connectivity index (χ0v) is 9.44. The number of hydrogen-bond donors (Lipinski definition) is 2. The number of aromatic amines is 1. The number of primary amides is 1. The normalized spacial score (nSPS) is 16.7. The number of imidazole rings is 1. The highest BCUT2D eigenvalue weighted by Gasteiger charge is 2.25. The van der Waals surface area contributed by atoms with Crippen LogP contribution in [-0.2, 0) is 4.79 Å². The van der Waals surface area contributed by atoms with Crippen LogP contribution in [0.5, 0.6) is 5.88 Å². The molecule has 0 radical (unpaired) electrons. The summed E-state index contributed by atoms with van der Waals surface area (Å²) in [5.41, 5.74) is 5.15. The molecule has 2 rings (SSSR count). The minimum Gasteiger partial charge on any atom is -0.405 e. The molecule has 0 atom stereocenters. The minimum absolute atomic E-state index is 0.0203. The van der Waals surface area contributed by atoms with E-state index in [9.17, 15) is 9.59 Å². The summed E-state index contributed by atoms with van der Waals surface area (Å²) < 4.78 is 5.10. The minimum atomic E-state index is -0.686. The predicted molar refractivity (Wildman–Crippen MR) is 59.3 cm³/mol. The van der Waals surface area contributed by atoms with Crippen molar-refractivity contribution in [1.29, 1.82) is 0 Å². The molecule has 0 aromatic carbocycles. The van der Waals surface area contributed by atoms with Gasteiger partial charge >= 0.3 is 5.97 Å². The van der Waals surface area contributed by atoms with E-state index in [4.69, 9.17) is 10.5 Å². The summed E-state index contributed by atoms with van der Waals surface area (Å²) in [5, 5.41) is 0. The van der Waals surface area contributed by atoms with Gasteiger partial charge in [0.25, 0.3) is 11.8 Å². The van der Waals surface area contributed by atoms with E-state index >= 15 is 0 Å². The molecule has 3 N–H and O–H groups in total. The molecule has 1 aromatic rings. The maximum absolute atomic E-state index is 11.8. The van der Waals surface area contributed by atoms with Gasteiger partial charge in [-0.2, -0.15) is 0 Å².